The van der Waals surface area contributed by atoms with Gasteiger partial charge in [0.05, 0.1) is 0 Å². The van der Waals surface area contributed by atoms with Gasteiger partial charge in [0.25, 0.3) is 0 Å². The van der Waals surface area contributed by atoms with Gasteiger partial charge in [-0.05, 0) is 0 Å². The normalized spacial score (nSPS) is 19.8. The molecule has 0 aliphatic carbocycles. The molecule has 0 amide bonds. The predicted molar refractivity (Wildman–Crippen MR) is 71.9 cm³/mol. The van der Waals surface area contributed by atoms with E-state index in [1.54, 1.807) is 21.4 Å². The maximum absolute atomic E-state index is 4.44. The Morgan fingerprint density at radius 3 is 2.88 bits per heavy atom. The molecule has 0 saturated carbocycles. The van der Waals surface area contributed by atoms with Crippen molar-refractivity contribution < 1.29 is 0 Å². The van der Waals surface area contributed by atoms with Crippen LogP contribution in [-0.4, -0.2) is 37.7 Å². The van der Waals surface area contributed by atoms with Crippen LogP contribution < -0.4 is 3.32 Å². The van der Waals surface area contributed by atoms with Crippen LogP contribution in [-0.2, 0) is 0 Å². The van der Waals surface area contributed by atoms with Crippen LogP contribution >= 0.6 is 11.8 Å². The minimum atomic E-state index is -1.68. The fourth-order valence-electron chi connectivity index (χ4n) is 2.81. The molecule has 2 rings (SSSR count). The van der Waals surface area contributed by atoms with Gasteiger partial charge in [0, 0.05) is 0 Å². The second-order valence-electron chi connectivity index (χ2n) is 5.27. The van der Waals surface area contributed by atoms with Crippen LogP contribution in [0.25, 0.3) is 0 Å². The third-order valence-electron chi connectivity index (χ3n) is 3.78. The minimum absolute atomic E-state index is 0.606. The second-order valence-corrected chi connectivity index (χ2v) is 17.1. The van der Waals surface area contributed by atoms with Gasteiger partial charge >= 0.3 is 111 Å². The monoisotopic (exact) mass is 338 g/mol. The van der Waals surface area contributed by atoms with Gasteiger partial charge < -0.3 is 0 Å². The number of aromatic nitrogens is 2. The number of hydrogen-bond acceptors (Lipinski definition) is 3. The molecule has 0 spiro atoms. The molecule has 0 N–H and O–H groups in total. The number of hydrogen-bond donors (Lipinski definition) is 0. The summed E-state index contributed by atoms with van der Waals surface area (Å²) < 4.78 is 3.67. The van der Waals surface area contributed by atoms with Gasteiger partial charge in [-0.15, -0.1) is 0 Å². The molecule has 2 heterocycles. The predicted octanol–water partition coefficient (Wildman–Crippen LogP) is 2.86. The molecule has 1 saturated heterocycles. The molecule has 16 heavy (non-hydrogen) atoms. The molecule has 4 heteroatoms. The van der Waals surface area contributed by atoms with Crippen molar-refractivity contribution in [3.8, 4) is 0 Å². The average Bonchev–Trinajstić information content (AvgIpc) is 2.28. The molecule has 86 valence electrons. The van der Waals surface area contributed by atoms with Gasteiger partial charge in [0.1, 0.15) is 0 Å². The van der Waals surface area contributed by atoms with Crippen molar-refractivity contribution in [1.82, 2.24) is 9.97 Å². The maximum atomic E-state index is 4.44. The van der Waals surface area contributed by atoms with Crippen LogP contribution in [0.15, 0.2) is 17.6 Å². The van der Waals surface area contributed by atoms with E-state index in [9.17, 15) is 0 Å². The first-order valence-corrected chi connectivity index (χ1v) is 12.8. The van der Waals surface area contributed by atoms with Crippen LogP contribution in [0.1, 0.15) is 33.1 Å². The van der Waals surface area contributed by atoms with Gasteiger partial charge in [-0.3, -0.25) is 0 Å². The fraction of sp³-hybridized carbons (Fsp3) is 0.667. The van der Waals surface area contributed by atoms with E-state index in [0.29, 0.717) is 3.17 Å². The molecule has 1 aliphatic heterocycles. The van der Waals surface area contributed by atoms with E-state index >= 15 is 0 Å². The zero-order valence-corrected chi connectivity index (χ0v) is 14.5. The third-order valence-corrected chi connectivity index (χ3v) is 17.5. The van der Waals surface area contributed by atoms with Crippen LogP contribution in [0, 0.1) is 0 Å². The van der Waals surface area contributed by atoms with E-state index in [2.05, 4.69) is 36.3 Å². The molecule has 0 aromatic carbocycles. The Kier molecular flexibility index (Phi) is 4.22. The summed E-state index contributed by atoms with van der Waals surface area (Å²) in [5.41, 5.74) is 0. The quantitative estimate of drug-likeness (QED) is 0.613. The summed E-state index contributed by atoms with van der Waals surface area (Å²) in [7, 11) is 0. The van der Waals surface area contributed by atoms with Crippen molar-refractivity contribution in [2.75, 3.05) is 6.26 Å². The number of thioether (sulfide) groups is 1. The van der Waals surface area contributed by atoms with E-state index in [1.165, 1.54) is 28.5 Å². The molecular formula is C12H19InN2S. The first-order chi connectivity index (χ1) is 7.65. The molecule has 0 radical (unpaired) electrons. The summed E-state index contributed by atoms with van der Waals surface area (Å²) >= 11 is 0.114. The van der Waals surface area contributed by atoms with Gasteiger partial charge in [-0.1, -0.05) is 0 Å². The van der Waals surface area contributed by atoms with Crippen LogP contribution in [0.2, 0.25) is 7.35 Å². The van der Waals surface area contributed by atoms with Crippen molar-refractivity contribution in [1.29, 1.82) is 0 Å². The summed E-state index contributed by atoms with van der Waals surface area (Å²) in [4.78, 5) is 8.70. The Morgan fingerprint density at radius 2 is 2.19 bits per heavy atom. The molecule has 1 aliphatic rings. The van der Waals surface area contributed by atoms with Crippen molar-refractivity contribution in [3.05, 3.63) is 12.5 Å². The Labute approximate surface area is 110 Å². The van der Waals surface area contributed by atoms with Crippen LogP contribution in [0.3, 0.4) is 0 Å². The summed E-state index contributed by atoms with van der Waals surface area (Å²) in [5, 5.41) is 1.26. The fourth-order valence-corrected chi connectivity index (χ4v) is 16.1. The SMILES string of the molecule is CSc1ncnc[c]1[In]1[CH2]CCC[C]1(C)C. The number of nitrogens with zero attached hydrogens (tertiary/aromatic N) is 2. The topological polar surface area (TPSA) is 25.8 Å². The van der Waals surface area contributed by atoms with Crippen LogP contribution in [0.4, 0.5) is 0 Å². The Morgan fingerprint density at radius 1 is 1.38 bits per heavy atom. The van der Waals surface area contributed by atoms with Crippen molar-refractivity contribution >= 4 is 36.5 Å². The third kappa shape index (κ3) is 2.58. The molecular weight excluding hydrogens is 319 g/mol. The first-order valence-electron chi connectivity index (χ1n) is 5.99. The average molecular weight is 338 g/mol. The van der Waals surface area contributed by atoms with Gasteiger partial charge in [-0.25, -0.2) is 0 Å². The molecule has 2 nitrogen and oxygen atoms in total. The summed E-state index contributed by atoms with van der Waals surface area (Å²) in [6.45, 7) is 4.95. The molecule has 0 bridgehead atoms. The van der Waals surface area contributed by atoms with Gasteiger partial charge in [-0.2, -0.15) is 0 Å². The zero-order chi connectivity index (χ0) is 11.6. The van der Waals surface area contributed by atoms with Gasteiger partial charge in [0.15, 0.2) is 0 Å². The first kappa shape index (κ1) is 12.7. The van der Waals surface area contributed by atoms with E-state index < -0.39 is 21.4 Å². The molecule has 0 unspecified atom stereocenters. The zero-order valence-electron chi connectivity index (χ0n) is 10.4. The van der Waals surface area contributed by atoms with Crippen molar-refractivity contribution in [2.24, 2.45) is 0 Å². The molecule has 0 atom stereocenters. The Bertz CT molecular complexity index is 368. The van der Waals surface area contributed by atoms with E-state index in [4.69, 9.17) is 0 Å². The molecule has 1 aromatic rings. The molecule has 1 fully saturated rings. The van der Waals surface area contributed by atoms with Gasteiger partial charge in [0.2, 0.25) is 0 Å². The van der Waals surface area contributed by atoms with Crippen LogP contribution in [0.5, 0.6) is 0 Å². The standard InChI is InChI=1S/C7H14.C5H5N2S.In/c1-4-5-6-7(2)3;1-8-5-2-3-6-4-7-5;/h1,4-6H2,2-3H3;3-4H,1H3;. The summed E-state index contributed by atoms with van der Waals surface area (Å²) in [6.07, 6.45) is 10.2. The van der Waals surface area contributed by atoms with Crippen molar-refractivity contribution in [3.63, 3.8) is 0 Å². The molecule has 1 aromatic heterocycles. The second kappa shape index (κ2) is 5.30. The summed E-state index contributed by atoms with van der Waals surface area (Å²) in [6, 6.07) is 0. The Hall–Kier alpha value is 0.300. The Balaban J connectivity index is 2.34. The number of rotatable bonds is 2. The van der Waals surface area contributed by atoms with Crippen molar-refractivity contribution in [2.45, 2.75) is 45.5 Å². The van der Waals surface area contributed by atoms with E-state index in [0.717, 1.165) is 0 Å². The van der Waals surface area contributed by atoms with E-state index in [-0.39, 0.29) is 0 Å². The summed E-state index contributed by atoms with van der Waals surface area (Å²) in [5.74, 6) is 0. The van der Waals surface area contributed by atoms with E-state index in [1.807, 2.05) is 0 Å².